The summed E-state index contributed by atoms with van der Waals surface area (Å²) in [5.74, 6) is -0.344. The van der Waals surface area contributed by atoms with Crippen LogP contribution in [0.5, 0.6) is 0 Å². The lowest BCUT2D eigenvalue weighted by atomic mass is 9.92. The highest BCUT2D eigenvalue weighted by Gasteiger charge is 2.19. The van der Waals surface area contributed by atoms with Gasteiger partial charge >= 0.3 is 0 Å². The maximum Gasteiger partial charge on any atom is 0.251 e. The van der Waals surface area contributed by atoms with Gasteiger partial charge < -0.3 is 5.32 Å². The van der Waals surface area contributed by atoms with Gasteiger partial charge in [-0.2, -0.15) is 0 Å². The average Bonchev–Trinajstić information content (AvgIpc) is 2.29. The Morgan fingerprint density at radius 3 is 2.38 bits per heavy atom. The van der Waals surface area contributed by atoms with Crippen molar-refractivity contribution >= 4 is 27.5 Å². The zero-order valence-electron chi connectivity index (χ0n) is 12.7. The molecule has 0 aromatic heterocycles. The predicted molar refractivity (Wildman–Crippen MR) is 84.0 cm³/mol. The molecule has 1 rings (SSSR count). The first-order chi connectivity index (χ1) is 9.42. The van der Waals surface area contributed by atoms with Crippen LogP contribution in [0.2, 0.25) is 5.02 Å². The van der Waals surface area contributed by atoms with E-state index in [0.717, 1.165) is 6.42 Å². The van der Waals surface area contributed by atoms with E-state index in [1.54, 1.807) is 13.0 Å². The minimum absolute atomic E-state index is 0.0451. The fourth-order valence-corrected chi connectivity index (χ4v) is 2.86. The Bertz CT molecular complexity index is 649. The van der Waals surface area contributed by atoms with E-state index < -0.39 is 10.0 Å². The van der Waals surface area contributed by atoms with Crippen LogP contribution in [-0.2, 0) is 10.0 Å². The van der Waals surface area contributed by atoms with Crippen molar-refractivity contribution in [2.24, 2.45) is 10.6 Å². The van der Waals surface area contributed by atoms with Crippen molar-refractivity contribution in [3.8, 4) is 0 Å². The number of carbonyl (C=O) groups is 1. The lowest BCUT2D eigenvalue weighted by Crippen LogP contribution is -2.27. The Morgan fingerprint density at radius 2 is 1.90 bits per heavy atom. The van der Waals surface area contributed by atoms with Crippen LogP contribution >= 0.6 is 11.6 Å². The van der Waals surface area contributed by atoms with Crippen molar-refractivity contribution in [2.75, 3.05) is 6.54 Å². The fraction of sp³-hybridized carbons (Fsp3) is 0.500. The zero-order valence-corrected chi connectivity index (χ0v) is 14.2. The van der Waals surface area contributed by atoms with Crippen LogP contribution in [0.3, 0.4) is 0 Å². The third kappa shape index (κ3) is 5.30. The van der Waals surface area contributed by atoms with E-state index in [2.05, 4.69) is 26.1 Å². The molecule has 0 aliphatic carbocycles. The monoisotopic (exact) mass is 332 g/mol. The van der Waals surface area contributed by atoms with Gasteiger partial charge in [0, 0.05) is 12.1 Å². The second-order valence-electron chi connectivity index (χ2n) is 6.22. The highest BCUT2D eigenvalue weighted by Crippen LogP contribution is 2.26. The van der Waals surface area contributed by atoms with Gasteiger partial charge in [0.15, 0.2) is 0 Å². The van der Waals surface area contributed by atoms with Crippen LogP contribution in [0, 0.1) is 12.3 Å². The van der Waals surface area contributed by atoms with Crippen LogP contribution in [0.15, 0.2) is 17.0 Å². The van der Waals surface area contributed by atoms with Crippen LogP contribution in [0.4, 0.5) is 0 Å². The van der Waals surface area contributed by atoms with Gasteiger partial charge in [0.05, 0.1) is 5.02 Å². The molecule has 0 aliphatic heterocycles. The molecule has 1 aromatic rings. The van der Waals surface area contributed by atoms with E-state index in [-0.39, 0.29) is 26.8 Å². The molecule has 0 unspecified atom stereocenters. The number of amides is 1. The van der Waals surface area contributed by atoms with Gasteiger partial charge in [-0.15, -0.1) is 0 Å². The number of primary sulfonamides is 1. The largest absolute Gasteiger partial charge is 0.352 e. The van der Waals surface area contributed by atoms with Gasteiger partial charge in [-0.3, -0.25) is 4.79 Å². The number of hydrogen-bond donors (Lipinski definition) is 2. The second-order valence-corrected chi connectivity index (χ2v) is 8.12. The summed E-state index contributed by atoms with van der Waals surface area (Å²) < 4.78 is 23.0. The molecular weight excluding hydrogens is 312 g/mol. The second kappa shape index (κ2) is 6.34. The molecule has 1 amide bonds. The Morgan fingerprint density at radius 1 is 1.33 bits per heavy atom. The number of nitrogens with two attached hydrogens (primary N) is 1. The lowest BCUT2D eigenvalue weighted by Gasteiger charge is -2.18. The van der Waals surface area contributed by atoms with E-state index in [9.17, 15) is 13.2 Å². The molecule has 0 aliphatic rings. The summed E-state index contributed by atoms with van der Waals surface area (Å²) in [5.41, 5.74) is 0.827. The van der Waals surface area contributed by atoms with Gasteiger partial charge in [0.25, 0.3) is 5.91 Å². The van der Waals surface area contributed by atoms with Crippen molar-refractivity contribution in [3.05, 3.63) is 28.3 Å². The predicted octanol–water partition coefficient (Wildman–Crippen LogP) is 2.46. The van der Waals surface area contributed by atoms with Gasteiger partial charge in [0.1, 0.15) is 4.90 Å². The highest BCUT2D eigenvalue weighted by atomic mass is 35.5. The number of rotatable bonds is 4. The van der Waals surface area contributed by atoms with Gasteiger partial charge in [-0.25, -0.2) is 13.6 Å². The Kier molecular flexibility index (Phi) is 5.41. The molecule has 0 spiro atoms. The smallest absolute Gasteiger partial charge is 0.251 e. The maximum atomic E-state index is 12.1. The zero-order chi connectivity index (χ0) is 16.4. The SMILES string of the molecule is Cc1cc(C(=O)NCCC(C)(C)C)cc(S(N)(=O)=O)c1Cl. The number of halogens is 1. The molecule has 0 fully saturated rings. The standard InChI is InChI=1S/C14H21ClN2O3S/c1-9-7-10(8-11(12(9)15)21(16,19)20)13(18)17-6-5-14(2,3)4/h7-8H,5-6H2,1-4H3,(H,17,18)(H2,16,19,20). The molecule has 21 heavy (non-hydrogen) atoms. The summed E-state index contributed by atoms with van der Waals surface area (Å²) in [6, 6.07) is 2.75. The molecular formula is C14H21ClN2O3S. The molecule has 0 radical (unpaired) electrons. The summed E-state index contributed by atoms with van der Waals surface area (Å²) in [6.45, 7) is 8.36. The Balaban J connectivity index is 2.99. The van der Waals surface area contributed by atoms with E-state index in [1.165, 1.54) is 6.07 Å². The topological polar surface area (TPSA) is 89.3 Å². The average molecular weight is 333 g/mol. The third-order valence-electron chi connectivity index (χ3n) is 2.95. The first kappa shape index (κ1) is 17.9. The van der Waals surface area contributed by atoms with Crippen LogP contribution in [0.25, 0.3) is 0 Å². The van der Waals surface area contributed by atoms with E-state index >= 15 is 0 Å². The van der Waals surface area contributed by atoms with Crippen molar-refractivity contribution in [2.45, 2.75) is 39.0 Å². The molecule has 0 bridgehead atoms. The van der Waals surface area contributed by atoms with Crippen molar-refractivity contribution < 1.29 is 13.2 Å². The molecule has 1 aromatic carbocycles. The van der Waals surface area contributed by atoms with Crippen LogP contribution in [0.1, 0.15) is 43.1 Å². The summed E-state index contributed by atoms with van der Waals surface area (Å²) in [6.07, 6.45) is 0.813. The van der Waals surface area contributed by atoms with Crippen LogP contribution in [-0.4, -0.2) is 20.9 Å². The highest BCUT2D eigenvalue weighted by molar-refractivity contribution is 7.89. The normalized spacial score (nSPS) is 12.3. The number of sulfonamides is 1. The van der Waals surface area contributed by atoms with Gasteiger partial charge in [-0.05, 0) is 36.5 Å². The quantitative estimate of drug-likeness (QED) is 0.887. The maximum absolute atomic E-state index is 12.1. The summed E-state index contributed by atoms with van der Waals surface area (Å²) in [5, 5.41) is 7.92. The number of nitrogens with one attached hydrogen (secondary N) is 1. The molecule has 118 valence electrons. The summed E-state index contributed by atoms with van der Waals surface area (Å²) >= 11 is 5.93. The lowest BCUT2D eigenvalue weighted by molar-refractivity contribution is 0.0949. The van der Waals surface area contributed by atoms with Gasteiger partial charge in [0.2, 0.25) is 10.0 Å². The molecule has 7 heteroatoms. The van der Waals surface area contributed by atoms with Crippen molar-refractivity contribution in [1.29, 1.82) is 0 Å². The van der Waals surface area contributed by atoms with Crippen molar-refractivity contribution in [1.82, 2.24) is 5.32 Å². The number of hydrogen-bond acceptors (Lipinski definition) is 3. The Labute approximate surface area is 130 Å². The number of carbonyl (C=O) groups excluding carboxylic acids is 1. The van der Waals surface area contributed by atoms with E-state index in [0.29, 0.717) is 12.1 Å². The number of aryl methyl sites for hydroxylation is 1. The first-order valence-corrected chi connectivity index (χ1v) is 8.45. The molecule has 0 saturated carbocycles. The summed E-state index contributed by atoms with van der Waals surface area (Å²) in [7, 11) is -3.97. The van der Waals surface area contributed by atoms with E-state index in [1.807, 2.05) is 0 Å². The minimum atomic E-state index is -3.97. The van der Waals surface area contributed by atoms with Crippen molar-refractivity contribution in [3.63, 3.8) is 0 Å². The third-order valence-corrected chi connectivity index (χ3v) is 4.50. The first-order valence-electron chi connectivity index (χ1n) is 6.53. The molecule has 0 saturated heterocycles. The van der Waals surface area contributed by atoms with Gasteiger partial charge in [-0.1, -0.05) is 32.4 Å². The molecule has 3 N–H and O–H groups in total. The molecule has 0 heterocycles. The van der Waals surface area contributed by atoms with Crippen LogP contribution < -0.4 is 10.5 Å². The number of benzene rings is 1. The van der Waals surface area contributed by atoms with E-state index in [4.69, 9.17) is 16.7 Å². The molecule has 5 nitrogen and oxygen atoms in total. The summed E-state index contributed by atoms with van der Waals surface area (Å²) in [4.78, 5) is 11.9. The minimum Gasteiger partial charge on any atom is -0.352 e. The molecule has 0 atom stereocenters. The Hall–Kier alpha value is -1.11. The fourth-order valence-electron chi connectivity index (χ4n) is 1.73.